The minimum absolute atomic E-state index is 0.166. The Hall–Kier alpha value is -1.67. The zero-order valence-electron chi connectivity index (χ0n) is 11.3. The summed E-state index contributed by atoms with van der Waals surface area (Å²) in [6.45, 7) is -0.704. The van der Waals surface area contributed by atoms with Gasteiger partial charge in [-0.2, -0.15) is 0 Å². The highest BCUT2D eigenvalue weighted by molar-refractivity contribution is 7.89. The zero-order chi connectivity index (χ0) is 15.3. The molecule has 0 aliphatic carbocycles. The largest absolute Gasteiger partial charge is 0.446 e. The summed E-state index contributed by atoms with van der Waals surface area (Å²) in [6, 6.07) is 11.3. The second-order valence-corrected chi connectivity index (χ2v) is 6.21. The number of sulfonamides is 1. The Morgan fingerprint density at radius 3 is 2.38 bits per heavy atom. The lowest BCUT2D eigenvalue weighted by atomic mass is 10.1. The lowest BCUT2D eigenvalue weighted by molar-refractivity contribution is 0.235. The number of aliphatic hydroxyl groups is 2. The van der Waals surface area contributed by atoms with Crippen LogP contribution in [0.1, 0.15) is 11.3 Å². The van der Waals surface area contributed by atoms with Crippen LogP contribution in [-0.2, 0) is 23.1 Å². The van der Waals surface area contributed by atoms with E-state index in [9.17, 15) is 13.5 Å². The number of hydrogen-bond acceptors (Lipinski definition) is 5. The number of furan rings is 1. The molecule has 1 atom stereocenters. The maximum atomic E-state index is 12.1. The van der Waals surface area contributed by atoms with Crippen molar-refractivity contribution in [2.24, 2.45) is 0 Å². The molecule has 1 heterocycles. The number of rotatable bonds is 7. The van der Waals surface area contributed by atoms with Gasteiger partial charge in [-0.1, -0.05) is 30.3 Å². The Labute approximate surface area is 123 Å². The molecule has 2 rings (SSSR count). The molecule has 21 heavy (non-hydrogen) atoms. The molecule has 6 nitrogen and oxygen atoms in total. The summed E-state index contributed by atoms with van der Waals surface area (Å²) in [4.78, 5) is 0. The first-order valence-corrected chi connectivity index (χ1v) is 7.90. The summed E-state index contributed by atoms with van der Waals surface area (Å²) in [5.74, 6) is 0.166. The average Bonchev–Trinajstić information content (AvgIpc) is 2.97. The molecule has 0 saturated heterocycles. The van der Waals surface area contributed by atoms with Crippen LogP contribution in [0.2, 0.25) is 0 Å². The molecule has 7 heteroatoms. The van der Waals surface area contributed by atoms with Crippen LogP contribution in [0.25, 0.3) is 0 Å². The predicted octanol–water partition coefficient (Wildman–Crippen LogP) is 0.654. The SMILES string of the molecule is O=S(=O)(NC(CO)Cc1ccccc1)c1ccc(CO)o1. The fourth-order valence-electron chi connectivity index (χ4n) is 1.91. The quantitative estimate of drug-likeness (QED) is 0.697. The standard InChI is InChI=1S/C14H17NO5S/c16-9-12(8-11-4-2-1-3-5-11)15-21(18,19)14-7-6-13(10-17)20-14/h1-7,12,15-17H,8-10H2. The van der Waals surface area contributed by atoms with E-state index in [-0.39, 0.29) is 24.1 Å². The van der Waals surface area contributed by atoms with Gasteiger partial charge in [0.2, 0.25) is 5.09 Å². The summed E-state index contributed by atoms with van der Waals surface area (Å²) < 4.78 is 31.6. The monoisotopic (exact) mass is 311 g/mol. The first kappa shape index (κ1) is 15.7. The summed E-state index contributed by atoms with van der Waals surface area (Å²) >= 11 is 0. The predicted molar refractivity (Wildman–Crippen MR) is 76.0 cm³/mol. The summed E-state index contributed by atoms with van der Waals surface area (Å²) in [5.41, 5.74) is 0.912. The van der Waals surface area contributed by atoms with Crippen molar-refractivity contribution in [3.05, 3.63) is 53.8 Å². The van der Waals surface area contributed by atoms with Crippen molar-refractivity contribution in [2.45, 2.75) is 24.2 Å². The Balaban J connectivity index is 2.10. The van der Waals surface area contributed by atoms with E-state index >= 15 is 0 Å². The van der Waals surface area contributed by atoms with Crippen molar-refractivity contribution in [3.63, 3.8) is 0 Å². The van der Waals surface area contributed by atoms with Crippen molar-refractivity contribution in [2.75, 3.05) is 6.61 Å². The van der Waals surface area contributed by atoms with Crippen LogP contribution < -0.4 is 4.72 Å². The van der Waals surface area contributed by atoms with Gasteiger partial charge in [-0.3, -0.25) is 0 Å². The minimum atomic E-state index is -3.87. The molecular formula is C14H17NO5S. The van der Waals surface area contributed by atoms with Crippen molar-refractivity contribution in [1.29, 1.82) is 0 Å². The molecule has 1 unspecified atom stereocenters. The van der Waals surface area contributed by atoms with Crippen molar-refractivity contribution in [3.8, 4) is 0 Å². The van der Waals surface area contributed by atoms with E-state index in [1.807, 2.05) is 30.3 Å². The number of hydrogen-bond donors (Lipinski definition) is 3. The number of nitrogens with one attached hydrogen (secondary N) is 1. The molecule has 3 N–H and O–H groups in total. The van der Waals surface area contributed by atoms with Crippen LogP contribution in [0.5, 0.6) is 0 Å². The molecule has 114 valence electrons. The molecule has 0 radical (unpaired) electrons. The van der Waals surface area contributed by atoms with Gasteiger partial charge in [0.15, 0.2) is 0 Å². The fraction of sp³-hybridized carbons (Fsp3) is 0.286. The maximum Gasteiger partial charge on any atom is 0.274 e. The zero-order valence-corrected chi connectivity index (χ0v) is 12.1. The third-order valence-corrected chi connectivity index (χ3v) is 4.32. The fourth-order valence-corrected chi connectivity index (χ4v) is 3.08. The lowest BCUT2D eigenvalue weighted by Gasteiger charge is -2.15. The van der Waals surface area contributed by atoms with Crippen molar-refractivity contribution in [1.82, 2.24) is 4.72 Å². The van der Waals surface area contributed by atoms with Crippen LogP contribution >= 0.6 is 0 Å². The van der Waals surface area contributed by atoms with Crippen LogP contribution in [0.3, 0.4) is 0 Å². The topological polar surface area (TPSA) is 99.8 Å². The summed E-state index contributed by atoms with van der Waals surface area (Å²) in [6.07, 6.45) is 0.365. The average molecular weight is 311 g/mol. The van der Waals surface area contributed by atoms with Crippen LogP contribution in [-0.4, -0.2) is 31.3 Å². The second kappa shape index (κ2) is 6.86. The highest BCUT2D eigenvalue weighted by Gasteiger charge is 2.23. The molecule has 0 saturated carbocycles. The first-order valence-electron chi connectivity index (χ1n) is 6.42. The number of aliphatic hydroxyl groups excluding tert-OH is 2. The first-order chi connectivity index (χ1) is 10.0. The second-order valence-electron chi connectivity index (χ2n) is 4.57. The highest BCUT2D eigenvalue weighted by atomic mass is 32.2. The highest BCUT2D eigenvalue weighted by Crippen LogP contribution is 2.15. The van der Waals surface area contributed by atoms with Gasteiger partial charge in [0.05, 0.1) is 6.61 Å². The van der Waals surface area contributed by atoms with Crippen LogP contribution in [0, 0.1) is 0 Å². The van der Waals surface area contributed by atoms with Gasteiger partial charge in [-0.25, -0.2) is 13.1 Å². The van der Waals surface area contributed by atoms with Gasteiger partial charge in [0, 0.05) is 6.04 Å². The third kappa shape index (κ3) is 4.15. The van der Waals surface area contributed by atoms with Crippen molar-refractivity contribution < 1.29 is 23.0 Å². The smallest absolute Gasteiger partial charge is 0.274 e. The Kier molecular flexibility index (Phi) is 5.13. The minimum Gasteiger partial charge on any atom is -0.446 e. The van der Waals surface area contributed by atoms with Gasteiger partial charge in [-0.15, -0.1) is 0 Å². The molecule has 0 aliphatic heterocycles. The van der Waals surface area contributed by atoms with Gasteiger partial charge in [0.1, 0.15) is 12.4 Å². The van der Waals surface area contributed by atoms with Crippen molar-refractivity contribution >= 4 is 10.0 Å². The molecule has 1 aromatic heterocycles. The van der Waals surface area contributed by atoms with E-state index in [0.29, 0.717) is 6.42 Å². The van der Waals surface area contributed by atoms with E-state index in [4.69, 9.17) is 9.52 Å². The van der Waals surface area contributed by atoms with Gasteiger partial charge in [0.25, 0.3) is 10.0 Å². The van der Waals surface area contributed by atoms with E-state index in [1.165, 1.54) is 12.1 Å². The Morgan fingerprint density at radius 1 is 1.10 bits per heavy atom. The number of benzene rings is 1. The van der Waals surface area contributed by atoms with Gasteiger partial charge >= 0.3 is 0 Å². The van der Waals surface area contributed by atoms with Crippen LogP contribution in [0.15, 0.2) is 52.0 Å². The maximum absolute atomic E-state index is 12.1. The normalized spacial score (nSPS) is 13.2. The lowest BCUT2D eigenvalue weighted by Crippen LogP contribution is -2.38. The van der Waals surface area contributed by atoms with Gasteiger partial charge in [-0.05, 0) is 24.1 Å². The Bertz CT molecular complexity index is 666. The van der Waals surface area contributed by atoms with E-state index in [1.54, 1.807) is 0 Å². The molecule has 1 aromatic carbocycles. The molecule has 0 spiro atoms. The molecule has 0 fully saturated rings. The van der Waals surface area contributed by atoms with E-state index in [0.717, 1.165) is 5.56 Å². The molecule has 0 bridgehead atoms. The molecule has 2 aromatic rings. The molecular weight excluding hydrogens is 294 g/mol. The summed E-state index contributed by atoms with van der Waals surface area (Å²) in [7, 11) is -3.87. The Morgan fingerprint density at radius 2 is 1.81 bits per heavy atom. The van der Waals surface area contributed by atoms with E-state index < -0.39 is 16.1 Å². The van der Waals surface area contributed by atoms with Gasteiger partial charge < -0.3 is 14.6 Å². The van der Waals surface area contributed by atoms with E-state index in [2.05, 4.69) is 4.72 Å². The molecule has 0 aliphatic rings. The summed E-state index contributed by atoms with van der Waals surface area (Å²) in [5, 5.41) is 18.0. The van der Waals surface area contributed by atoms with Crippen LogP contribution in [0.4, 0.5) is 0 Å². The third-order valence-electron chi connectivity index (χ3n) is 2.92. The molecule has 0 amide bonds.